The van der Waals surface area contributed by atoms with Crippen molar-refractivity contribution < 1.29 is 9.13 Å². The molecular formula is C10H13BrFNOS. The van der Waals surface area contributed by atoms with Crippen LogP contribution in [0.3, 0.4) is 0 Å². The zero-order chi connectivity index (χ0) is 11.4. The van der Waals surface area contributed by atoms with E-state index >= 15 is 0 Å². The second-order valence-corrected chi connectivity index (χ2v) is 5.09. The van der Waals surface area contributed by atoms with Crippen LogP contribution in [-0.4, -0.2) is 12.4 Å². The molecule has 1 aromatic carbocycles. The normalized spacial score (nSPS) is 15.0. The molecule has 2 nitrogen and oxygen atoms in total. The molecule has 0 amide bonds. The molecule has 15 heavy (non-hydrogen) atoms. The minimum absolute atomic E-state index is 0.00526. The minimum atomic E-state index is -0.326. The maximum absolute atomic E-state index is 13.6. The van der Waals surface area contributed by atoms with Gasteiger partial charge in [0.25, 0.3) is 0 Å². The van der Waals surface area contributed by atoms with E-state index in [0.717, 1.165) is 11.9 Å². The van der Waals surface area contributed by atoms with Crippen molar-refractivity contribution in [1.82, 2.24) is 0 Å². The standard InChI is InChI=1S/C10H13BrFNOS/c1-6(15-13)10(14-2)8-4-3-7(11)5-9(8)12/h3-6,10H,13H2,1-2H3/t6-,10+/m1/s1. The highest BCUT2D eigenvalue weighted by Crippen LogP contribution is 2.29. The van der Waals surface area contributed by atoms with E-state index in [-0.39, 0.29) is 17.2 Å². The highest BCUT2D eigenvalue weighted by Gasteiger charge is 2.21. The molecule has 0 radical (unpaired) electrons. The number of methoxy groups -OCH3 is 1. The fourth-order valence-electron chi connectivity index (χ4n) is 1.38. The third-order valence-electron chi connectivity index (χ3n) is 2.16. The summed E-state index contributed by atoms with van der Waals surface area (Å²) in [5.41, 5.74) is 0.533. The highest BCUT2D eigenvalue weighted by atomic mass is 79.9. The lowest BCUT2D eigenvalue weighted by Crippen LogP contribution is -2.17. The smallest absolute Gasteiger partial charge is 0.130 e. The summed E-state index contributed by atoms with van der Waals surface area (Å²) in [5.74, 6) is -0.280. The van der Waals surface area contributed by atoms with Crippen molar-refractivity contribution in [1.29, 1.82) is 0 Å². The summed E-state index contributed by atoms with van der Waals surface area (Å²) >= 11 is 4.37. The van der Waals surface area contributed by atoms with Gasteiger partial charge in [0.1, 0.15) is 5.82 Å². The molecule has 0 saturated heterocycles. The molecule has 0 aliphatic carbocycles. The van der Waals surface area contributed by atoms with Gasteiger partial charge in [0.05, 0.1) is 6.10 Å². The van der Waals surface area contributed by atoms with Gasteiger partial charge in [-0.1, -0.05) is 33.9 Å². The number of rotatable bonds is 4. The first-order valence-electron chi connectivity index (χ1n) is 4.43. The molecule has 0 aliphatic heterocycles. The van der Waals surface area contributed by atoms with Crippen molar-refractivity contribution in [3.05, 3.63) is 34.1 Å². The Morgan fingerprint density at radius 3 is 2.67 bits per heavy atom. The lowest BCUT2D eigenvalue weighted by molar-refractivity contribution is 0.101. The maximum atomic E-state index is 13.6. The van der Waals surface area contributed by atoms with Crippen molar-refractivity contribution in [2.24, 2.45) is 5.14 Å². The van der Waals surface area contributed by atoms with E-state index in [2.05, 4.69) is 15.9 Å². The number of hydrogen-bond acceptors (Lipinski definition) is 3. The first-order chi connectivity index (χ1) is 7.10. The summed E-state index contributed by atoms with van der Waals surface area (Å²) in [4.78, 5) is 0. The summed E-state index contributed by atoms with van der Waals surface area (Å²) < 4.78 is 19.6. The van der Waals surface area contributed by atoms with Gasteiger partial charge in [-0.25, -0.2) is 4.39 Å². The second kappa shape index (κ2) is 5.84. The number of halogens is 2. The Morgan fingerprint density at radius 1 is 1.53 bits per heavy atom. The van der Waals surface area contributed by atoms with Crippen molar-refractivity contribution in [3.8, 4) is 0 Å². The second-order valence-electron chi connectivity index (χ2n) is 3.16. The summed E-state index contributed by atoms with van der Waals surface area (Å²) in [6.07, 6.45) is -0.326. The molecule has 0 unspecified atom stereocenters. The monoisotopic (exact) mass is 293 g/mol. The molecule has 1 rings (SSSR count). The average Bonchev–Trinajstić information content (AvgIpc) is 2.21. The topological polar surface area (TPSA) is 35.2 Å². The number of hydrogen-bond donors (Lipinski definition) is 1. The van der Waals surface area contributed by atoms with Gasteiger partial charge >= 0.3 is 0 Å². The fraction of sp³-hybridized carbons (Fsp3) is 0.400. The molecule has 1 aromatic rings. The van der Waals surface area contributed by atoms with Gasteiger partial charge < -0.3 is 4.74 Å². The largest absolute Gasteiger partial charge is 0.375 e. The van der Waals surface area contributed by atoms with E-state index in [1.807, 2.05) is 6.92 Å². The molecule has 0 aliphatic rings. The van der Waals surface area contributed by atoms with Crippen LogP contribution >= 0.6 is 27.9 Å². The predicted molar refractivity (Wildman–Crippen MR) is 65.1 cm³/mol. The molecule has 84 valence electrons. The van der Waals surface area contributed by atoms with E-state index in [0.29, 0.717) is 10.0 Å². The zero-order valence-corrected chi connectivity index (χ0v) is 10.9. The van der Waals surface area contributed by atoms with Crippen LogP contribution in [0, 0.1) is 5.82 Å². The Morgan fingerprint density at radius 2 is 2.20 bits per heavy atom. The summed E-state index contributed by atoms with van der Waals surface area (Å²) in [7, 11) is 1.55. The Hall–Kier alpha value is -0.100. The zero-order valence-electron chi connectivity index (χ0n) is 8.54. The lowest BCUT2D eigenvalue weighted by Gasteiger charge is -2.21. The molecule has 0 fully saturated rings. The molecule has 0 spiro atoms. The molecule has 0 aromatic heterocycles. The molecular weight excluding hydrogens is 281 g/mol. The van der Waals surface area contributed by atoms with E-state index < -0.39 is 0 Å². The molecule has 2 atom stereocenters. The van der Waals surface area contributed by atoms with Crippen molar-refractivity contribution >= 4 is 27.9 Å². The van der Waals surface area contributed by atoms with Crippen LogP contribution in [0.4, 0.5) is 4.39 Å². The van der Waals surface area contributed by atoms with Gasteiger partial charge in [0.2, 0.25) is 0 Å². The van der Waals surface area contributed by atoms with E-state index in [9.17, 15) is 4.39 Å². The minimum Gasteiger partial charge on any atom is -0.375 e. The first-order valence-corrected chi connectivity index (χ1v) is 6.17. The van der Waals surface area contributed by atoms with E-state index in [4.69, 9.17) is 9.88 Å². The Bertz CT molecular complexity index is 337. The summed E-state index contributed by atoms with van der Waals surface area (Å²) in [6, 6.07) is 4.92. The molecule has 0 saturated carbocycles. The Kier molecular flexibility index (Phi) is 5.05. The van der Waals surface area contributed by atoms with Crippen LogP contribution in [0.1, 0.15) is 18.6 Å². The first kappa shape index (κ1) is 13.0. The maximum Gasteiger partial charge on any atom is 0.130 e. The van der Waals surface area contributed by atoms with Gasteiger partial charge in [-0.2, -0.15) is 0 Å². The van der Waals surface area contributed by atoms with Gasteiger partial charge in [-0.15, -0.1) is 0 Å². The SMILES string of the molecule is CO[C@H](c1ccc(Br)cc1F)[C@@H](C)SN. The third-order valence-corrected chi connectivity index (χ3v) is 3.33. The van der Waals surface area contributed by atoms with Crippen LogP contribution in [0.15, 0.2) is 22.7 Å². The van der Waals surface area contributed by atoms with Crippen LogP contribution in [-0.2, 0) is 4.74 Å². The molecule has 0 heterocycles. The fourth-order valence-corrected chi connectivity index (χ4v) is 2.11. The van der Waals surface area contributed by atoms with Crippen LogP contribution in [0.2, 0.25) is 0 Å². The molecule has 2 N–H and O–H groups in total. The predicted octanol–water partition coefficient (Wildman–Crippen LogP) is 3.27. The third kappa shape index (κ3) is 3.17. The van der Waals surface area contributed by atoms with Gasteiger partial charge in [0.15, 0.2) is 0 Å². The van der Waals surface area contributed by atoms with Crippen molar-refractivity contribution in [2.75, 3.05) is 7.11 Å². The van der Waals surface area contributed by atoms with Gasteiger partial charge in [-0.3, -0.25) is 5.14 Å². The Balaban J connectivity index is 3.01. The number of nitrogens with two attached hydrogens (primary N) is 1. The number of benzene rings is 1. The highest BCUT2D eigenvalue weighted by molar-refractivity contribution is 9.10. The number of ether oxygens (including phenoxy) is 1. The average molecular weight is 294 g/mol. The van der Waals surface area contributed by atoms with Crippen molar-refractivity contribution in [2.45, 2.75) is 18.3 Å². The van der Waals surface area contributed by atoms with Gasteiger partial charge in [0, 0.05) is 22.4 Å². The van der Waals surface area contributed by atoms with Gasteiger partial charge in [-0.05, 0) is 19.1 Å². The Labute approximate surface area is 102 Å². The molecule has 0 bridgehead atoms. The lowest BCUT2D eigenvalue weighted by atomic mass is 10.1. The molecule has 5 heteroatoms. The van der Waals surface area contributed by atoms with Crippen LogP contribution in [0.25, 0.3) is 0 Å². The summed E-state index contributed by atoms with van der Waals surface area (Å²) in [6.45, 7) is 1.90. The van der Waals surface area contributed by atoms with E-state index in [1.54, 1.807) is 19.2 Å². The van der Waals surface area contributed by atoms with Crippen LogP contribution < -0.4 is 5.14 Å². The summed E-state index contributed by atoms with van der Waals surface area (Å²) in [5, 5.41) is 5.48. The van der Waals surface area contributed by atoms with Crippen molar-refractivity contribution in [3.63, 3.8) is 0 Å². The van der Waals surface area contributed by atoms with Crippen LogP contribution in [0.5, 0.6) is 0 Å². The van der Waals surface area contributed by atoms with E-state index in [1.165, 1.54) is 6.07 Å². The quantitative estimate of drug-likeness (QED) is 0.866.